The van der Waals surface area contributed by atoms with E-state index in [2.05, 4.69) is 39.4 Å². The van der Waals surface area contributed by atoms with Crippen LogP contribution in [0.5, 0.6) is 5.75 Å². The third kappa shape index (κ3) is 8.13. The molecule has 2 aliphatic rings. The predicted molar refractivity (Wildman–Crippen MR) is 178 cm³/mol. The Morgan fingerprint density at radius 2 is 1.74 bits per heavy atom. The lowest BCUT2D eigenvalue weighted by molar-refractivity contribution is -0.138. The Morgan fingerprint density at radius 3 is 2.38 bits per heavy atom. The Labute approximate surface area is 278 Å². The third-order valence-electron chi connectivity index (χ3n) is 8.30. The molecule has 0 saturated carbocycles. The van der Waals surface area contributed by atoms with Gasteiger partial charge >= 0.3 is 12.3 Å². The van der Waals surface area contributed by atoms with Gasteiger partial charge in [-0.1, -0.05) is 11.6 Å². The molecule has 1 amide bonds. The number of ether oxygens (including phenoxy) is 2. The maximum Gasteiger partial charge on any atom is 0.416 e. The van der Waals surface area contributed by atoms with E-state index in [1.165, 1.54) is 17.0 Å². The molecule has 0 unspecified atom stereocenters. The normalized spacial score (nSPS) is 15.9. The molecule has 0 atom stereocenters. The van der Waals surface area contributed by atoms with Crippen molar-refractivity contribution in [3.8, 4) is 5.75 Å². The number of rotatable bonds is 7. The van der Waals surface area contributed by atoms with Gasteiger partial charge in [-0.25, -0.2) is 4.79 Å². The Hall–Kier alpha value is -3.97. The van der Waals surface area contributed by atoms with Crippen LogP contribution in [0.2, 0.25) is 5.02 Å². The fourth-order valence-electron chi connectivity index (χ4n) is 5.90. The first-order chi connectivity index (χ1) is 22.1. The summed E-state index contributed by atoms with van der Waals surface area (Å²) in [6, 6.07) is 11.6. The molecule has 10 nitrogen and oxygen atoms in total. The Bertz CT molecular complexity index is 1590. The summed E-state index contributed by atoms with van der Waals surface area (Å²) >= 11 is 6.13. The zero-order valence-corrected chi connectivity index (χ0v) is 28.2. The monoisotopic (exact) mass is 675 g/mol. The summed E-state index contributed by atoms with van der Waals surface area (Å²) in [6.07, 6.45) is -3.07. The topological polar surface area (TPSA) is 86.3 Å². The molecule has 0 bridgehead atoms. The van der Waals surface area contributed by atoms with Crippen LogP contribution in [0.1, 0.15) is 44.7 Å². The molecule has 3 heterocycles. The highest BCUT2D eigenvalue weighted by Crippen LogP contribution is 2.39. The second kappa shape index (κ2) is 13.6. The van der Waals surface area contributed by atoms with Gasteiger partial charge in [0.05, 0.1) is 24.0 Å². The van der Waals surface area contributed by atoms with Crippen molar-refractivity contribution in [3.63, 3.8) is 0 Å². The maximum atomic E-state index is 13.9. The number of methoxy groups -OCH3 is 1. The molecule has 1 fully saturated rings. The van der Waals surface area contributed by atoms with Gasteiger partial charge in [-0.3, -0.25) is 4.90 Å². The van der Waals surface area contributed by atoms with Crippen molar-refractivity contribution in [2.45, 2.75) is 58.0 Å². The number of carbonyl (C=O) groups is 1. The second-order valence-corrected chi connectivity index (χ2v) is 13.4. The van der Waals surface area contributed by atoms with E-state index < -0.39 is 23.4 Å². The number of benzene rings is 2. The fourth-order valence-corrected chi connectivity index (χ4v) is 6.10. The van der Waals surface area contributed by atoms with Gasteiger partial charge in [0.1, 0.15) is 11.4 Å². The van der Waals surface area contributed by atoms with Crippen LogP contribution < -0.4 is 24.8 Å². The smallest absolute Gasteiger partial charge is 0.416 e. The number of nitrogens with zero attached hydrogens (tertiary/aromatic N) is 6. The van der Waals surface area contributed by atoms with Crippen molar-refractivity contribution in [1.29, 1.82) is 0 Å². The average molecular weight is 676 g/mol. The molecule has 0 spiro atoms. The van der Waals surface area contributed by atoms with Gasteiger partial charge in [0.25, 0.3) is 0 Å². The zero-order valence-electron chi connectivity index (χ0n) is 27.5. The van der Waals surface area contributed by atoms with E-state index in [-0.39, 0.29) is 36.0 Å². The van der Waals surface area contributed by atoms with Gasteiger partial charge in [-0.2, -0.15) is 13.2 Å². The van der Waals surface area contributed by atoms with Gasteiger partial charge in [0.2, 0.25) is 0 Å². The van der Waals surface area contributed by atoms with E-state index in [0.29, 0.717) is 29.0 Å². The minimum atomic E-state index is -4.57. The number of carbonyl (C=O) groups excluding carboxylic acids is 1. The van der Waals surface area contributed by atoms with Crippen molar-refractivity contribution in [2.24, 2.45) is 0 Å². The van der Waals surface area contributed by atoms with Crippen LogP contribution in [-0.4, -0.2) is 80.2 Å². The lowest BCUT2D eigenvalue weighted by Gasteiger charge is -2.37. The van der Waals surface area contributed by atoms with Gasteiger partial charge < -0.3 is 29.5 Å². The molecule has 254 valence electrons. The molecule has 1 aromatic heterocycles. The van der Waals surface area contributed by atoms with Crippen LogP contribution in [0.3, 0.4) is 0 Å². The third-order valence-corrected chi connectivity index (χ3v) is 8.54. The molecule has 1 saturated heterocycles. The fraction of sp³-hybridized carbons (Fsp3) is 0.485. The molecule has 14 heteroatoms. The van der Waals surface area contributed by atoms with E-state index in [0.717, 1.165) is 37.7 Å². The first-order valence-electron chi connectivity index (χ1n) is 15.5. The van der Waals surface area contributed by atoms with Crippen LogP contribution in [-0.2, 0) is 17.5 Å². The van der Waals surface area contributed by atoms with Crippen molar-refractivity contribution in [3.05, 3.63) is 58.6 Å². The molecule has 0 aliphatic carbocycles. The Balaban J connectivity index is 1.45. The van der Waals surface area contributed by atoms with Crippen LogP contribution in [0, 0.1) is 0 Å². The summed E-state index contributed by atoms with van der Waals surface area (Å²) in [6.45, 7) is 7.34. The van der Waals surface area contributed by atoms with E-state index in [1.807, 2.05) is 18.2 Å². The molecule has 2 aliphatic heterocycles. The number of amides is 1. The summed E-state index contributed by atoms with van der Waals surface area (Å²) in [4.78, 5) is 20.8. The van der Waals surface area contributed by atoms with Crippen LogP contribution in [0.4, 0.5) is 46.7 Å². The summed E-state index contributed by atoms with van der Waals surface area (Å²) in [5.74, 6) is 1.09. The molecule has 2 aromatic carbocycles. The van der Waals surface area contributed by atoms with E-state index in [4.69, 9.17) is 21.1 Å². The Morgan fingerprint density at radius 1 is 1.02 bits per heavy atom. The highest BCUT2D eigenvalue weighted by molar-refractivity contribution is 6.30. The van der Waals surface area contributed by atoms with E-state index >= 15 is 0 Å². The van der Waals surface area contributed by atoms with Gasteiger partial charge in [0.15, 0.2) is 11.6 Å². The lowest BCUT2D eigenvalue weighted by atomic mass is 10.0. The quantitative estimate of drug-likeness (QED) is 0.280. The van der Waals surface area contributed by atoms with Crippen LogP contribution >= 0.6 is 11.6 Å². The number of aromatic nitrogens is 2. The van der Waals surface area contributed by atoms with Crippen LogP contribution in [0.25, 0.3) is 0 Å². The van der Waals surface area contributed by atoms with E-state index in [1.54, 1.807) is 38.8 Å². The van der Waals surface area contributed by atoms with E-state index in [9.17, 15) is 18.0 Å². The molecular weight excluding hydrogens is 635 g/mol. The first kappa shape index (κ1) is 34.4. The number of alkyl halides is 3. The largest absolute Gasteiger partial charge is 0.494 e. The van der Waals surface area contributed by atoms with Crippen LogP contribution in [0.15, 0.2) is 42.5 Å². The number of anilines is 5. The highest BCUT2D eigenvalue weighted by atomic mass is 35.5. The SMILES string of the molecule is COc1cc(N2CCC(N(C)C)CC2)ccc1Nc1cc2c(nn1)N(C(=O)OC(C)(C)C)CCN2Cc1cc(Cl)ccc1C(F)(F)F. The van der Waals surface area contributed by atoms with Crippen molar-refractivity contribution in [1.82, 2.24) is 15.1 Å². The van der Waals surface area contributed by atoms with Gasteiger partial charge in [-0.05, 0) is 83.6 Å². The number of fused-ring (bicyclic) bond motifs is 1. The minimum absolute atomic E-state index is 0.000127. The maximum absolute atomic E-state index is 13.9. The first-order valence-corrected chi connectivity index (χ1v) is 15.9. The lowest BCUT2D eigenvalue weighted by Crippen LogP contribution is -2.46. The number of halogens is 4. The molecule has 47 heavy (non-hydrogen) atoms. The summed E-state index contributed by atoms with van der Waals surface area (Å²) in [5, 5.41) is 12.1. The van der Waals surface area contributed by atoms with Gasteiger partial charge in [-0.15, -0.1) is 10.2 Å². The molecule has 0 radical (unpaired) electrons. The number of hydrogen-bond donors (Lipinski definition) is 1. The molecule has 5 rings (SSSR count). The van der Waals surface area contributed by atoms with Gasteiger partial charge in [0, 0.05) is 61.6 Å². The highest BCUT2D eigenvalue weighted by Gasteiger charge is 2.36. The number of hydrogen-bond acceptors (Lipinski definition) is 9. The van der Waals surface area contributed by atoms with Crippen molar-refractivity contribution >= 4 is 46.4 Å². The summed E-state index contributed by atoms with van der Waals surface area (Å²) in [5.41, 5.74) is 0.536. The molecule has 1 N–H and O–H groups in total. The number of piperidine rings is 1. The second-order valence-electron chi connectivity index (χ2n) is 13.0. The Kier molecular flexibility index (Phi) is 9.97. The summed E-state index contributed by atoms with van der Waals surface area (Å²) in [7, 11) is 5.81. The predicted octanol–water partition coefficient (Wildman–Crippen LogP) is 7.19. The molecular formula is C33H41ClF3N7O3. The minimum Gasteiger partial charge on any atom is -0.494 e. The zero-order chi connectivity index (χ0) is 34.1. The molecule has 3 aromatic rings. The standard InChI is InChI=1S/C33H41ClF3N7O3/c1-32(2,3)47-31(45)44-16-15-43(20-21-17-22(34)7-9-25(21)33(35,36)37)27-19-29(39-40-30(27)44)38-26-10-8-24(18-28(26)46-6)42-13-11-23(12-14-42)41(4)5/h7-10,17-19,23H,11-16,20H2,1-6H3,(H,38,39). The average Bonchev–Trinajstić information content (AvgIpc) is 3.00. The van der Waals surface area contributed by atoms with Crippen molar-refractivity contribution < 1.29 is 27.4 Å². The summed E-state index contributed by atoms with van der Waals surface area (Å²) < 4.78 is 53.2. The van der Waals surface area contributed by atoms with Crippen molar-refractivity contribution in [2.75, 3.05) is 67.4 Å². The number of nitrogens with one attached hydrogen (secondary N) is 1.